The molecule has 0 aromatic carbocycles. The summed E-state index contributed by atoms with van der Waals surface area (Å²) in [6.45, 7) is 10.4. The number of allylic oxidation sites excluding steroid dienone is 2. The van der Waals surface area contributed by atoms with Crippen LogP contribution < -0.4 is 15.4 Å². The number of nitrogens with one attached hydrogen (secondary N) is 3. The molecule has 4 atom stereocenters. The van der Waals surface area contributed by atoms with Crippen LogP contribution in [-0.4, -0.2) is 89.7 Å². The fourth-order valence-electron chi connectivity index (χ4n) is 4.31. The van der Waals surface area contributed by atoms with Crippen LogP contribution in [0.3, 0.4) is 0 Å². The Morgan fingerprint density at radius 1 is 1.11 bits per heavy atom. The molecule has 1 aliphatic rings. The quantitative estimate of drug-likeness (QED) is 0.0850. The summed E-state index contributed by atoms with van der Waals surface area (Å²) in [5.74, 6) is 1.89. The molecule has 10 heteroatoms. The number of hydrogen-bond donors (Lipinski definition) is 3. The summed E-state index contributed by atoms with van der Waals surface area (Å²) in [6, 6.07) is -0.441. The van der Waals surface area contributed by atoms with Gasteiger partial charge in [0.15, 0.2) is 0 Å². The molecule has 0 bridgehead atoms. The molecule has 0 spiro atoms. The smallest absolute Gasteiger partial charge is 0.247 e. The van der Waals surface area contributed by atoms with E-state index >= 15 is 0 Å². The summed E-state index contributed by atoms with van der Waals surface area (Å²) in [4.78, 5) is 38.4. The molecule has 1 aliphatic heterocycles. The zero-order chi connectivity index (χ0) is 27.5. The van der Waals surface area contributed by atoms with E-state index in [0.29, 0.717) is 13.0 Å². The predicted octanol–water partition coefficient (Wildman–Crippen LogP) is 3.78. The molecule has 0 aromatic heterocycles. The van der Waals surface area contributed by atoms with Crippen LogP contribution in [0, 0.1) is 0 Å². The van der Waals surface area contributed by atoms with Gasteiger partial charge >= 0.3 is 0 Å². The van der Waals surface area contributed by atoms with Crippen molar-refractivity contribution in [2.24, 2.45) is 0 Å². The summed E-state index contributed by atoms with van der Waals surface area (Å²) < 4.78 is 5.58. The SMILES string of the molecule is CCC1CCC(C)N1C(=O)C(CNSCCC/C=C/CCCSN(CC)CCC=O)NC(=O)C(C)NC. The Labute approximate surface area is 234 Å². The number of likely N-dealkylation sites (tertiary alicyclic amines) is 1. The molecule has 37 heavy (non-hydrogen) atoms. The van der Waals surface area contributed by atoms with Crippen LogP contribution >= 0.6 is 23.9 Å². The third kappa shape index (κ3) is 13.5. The Bertz CT molecular complexity index is 682. The Morgan fingerprint density at radius 2 is 1.81 bits per heavy atom. The first-order valence-electron chi connectivity index (χ1n) is 14.0. The van der Waals surface area contributed by atoms with E-state index in [-0.39, 0.29) is 29.9 Å². The first kappa shape index (κ1) is 34.0. The maximum Gasteiger partial charge on any atom is 0.247 e. The van der Waals surface area contributed by atoms with Crippen molar-refractivity contribution >= 4 is 42.0 Å². The van der Waals surface area contributed by atoms with E-state index in [1.54, 1.807) is 25.9 Å². The van der Waals surface area contributed by atoms with Crippen LogP contribution in [-0.2, 0) is 14.4 Å². The second kappa shape index (κ2) is 20.8. The van der Waals surface area contributed by atoms with Gasteiger partial charge in [0.2, 0.25) is 11.8 Å². The van der Waals surface area contributed by atoms with Gasteiger partial charge in [-0.25, -0.2) is 0 Å². The molecule has 0 saturated carbocycles. The molecule has 8 nitrogen and oxygen atoms in total. The third-order valence-corrected chi connectivity index (χ3v) is 8.90. The maximum absolute atomic E-state index is 13.4. The largest absolute Gasteiger partial charge is 0.342 e. The van der Waals surface area contributed by atoms with E-state index in [1.165, 1.54) is 0 Å². The number of rotatable bonds is 21. The standard InChI is InChI=1S/C27H51N5O3S2/c1-6-24-16-15-22(3)32(24)27(35)25(30-26(34)23(4)28-5)21-29-36-19-12-10-8-9-11-13-20-37-31(7-2)17-14-18-33/h8-9,18,22-25,28-29H,6-7,10-17,19-21H2,1-5H3,(H,30,34)/b9-8+. The molecule has 0 aromatic rings. The summed E-state index contributed by atoms with van der Waals surface area (Å²) in [7, 11) is 1.75. The molecule has 2 amide bonds. The molecule has 1 fully saturated rings. The minimum atomic E-state index is -0.565. The predicted molar refractivity (Wildman–Crippen MR) is 159 cm³/mol. The molecule has 0 radical (unpaired) electrons. The molecule has 1 rings (SSSR count). The highest BCUT2D eigenvalue weighted by Crippen LogP contribution is 2.26. The molecule has 4 unspecified atom stereocenters. The number of nitrogens with zero attached hydrogens (tertiary/aromatic N) is 2. The zero-order valence-electron chi connectivity index (χ0n) is 23.7. The van der Waals surface area contributed by atoms with Crippen molar-refractivity contribution in [2.45, 2.75) is 103 Å². The lowest BCUT2D eigenvalue weighted by Crippen LogP contribution is -2.57. The van der Waals surface area contributed by atoms with E-state index in [4.69, 9.17) is 0 Å². The average Bonchev–Trinajstić information content (AvgIpc) is 3.29. The summed E-state index contributed by atoms with van der Waals surface area (Å²) >= 11 is 3.45. The average molecular weight is 558 g/mol. The van der Waals surface area contributed by atoms with Crippen molar-refractivity contribution in [3.63, 3.8) is 0 Å². The van der Waals surface area contributed by atoms with Gasteiger partial charge in [0.1, 0.15) is 12.3 Å². The van der Waals surface area contributed by atoms with Gasteiger partial charge in [-0.05, 0) is 65.8 Å². The number of carbonyl (C=O) groups is 3. The van der Waals surface area contributed by atoms with E-state index in [0.717, 1.165) is 75.8 Å². The molecular formula is C27H51N5O3S2. The zero-order valence-corrected chi connectivity index (χ0v) is 25.3. The second-order valence-electron chi connectivity index (χ2n) is 9.57. The summed E-state index contributed by atoms with van der Waals surface area (Å²) in [6.07, 6.45) is 13.4. The Hall–Kier alpha value is -1.07. The van der Waals surface area contributed by atoms with Crippen molar-refractivity contribution < 1.29 is 14.4 Å². The van der Waals surface area contributed by atoms with Gasteiger partial charge in [-0.3, -0.25) is 18.6 Å². The van der Waals surface area contributed by atoms with E-state index in [2.05, 4.69) is 52.6 Å². The van der Waals surface area contributed by atoms with Crippen molar-refractivity contribution in [3.05, 3.63) is 12.2 Å². The van der Waals surface area contributed by atoms with Crippen molar-refractivity contribution in [2.75, 3.05) is 38.2 Å². The topological polar surface area (TPSA) is 93.8 Å². The lowest BCUT2D eigenvalue weighted by Gasteiger charge is -2.32. The van der Waals surface area contributed by atoms with Crippen LogP contribution in [0.4, 0.5) is 0 Å². The molecule has 1 heterocycles. The van der Waals surface area contributed by atoms with Gasteiger partial charge in [-0.2, -0.15) is 0 Å². The van der Waals surface area contributed by atoms with Gasteiger partial charge in [-0.15, -0.1) is 0 Å². The van der Waals surface area contributed by atoms with Gasteiger partial charge in [0, 0.05) is 49.6 Å². The minimum absolute atomic E-state index is 0.0218. The lowest BCUT2D eigenvalue weighted by molar-refractivity contribution is -0.138. The molecule has 214 valence electrons. The van der Waals surface area contributed by atoms with Crippen LogP contribution in [0.1, 0.15) is 79.1 Å². The summed E-state index contributed by atoms with van der Waals surface area (Å²) in [5, 5.41) is 5.92. The van der Waals surface area contributed by atoms with Crippen LogP contribution in [0.2, 0.25) is 0 Å². The first-order valence-corrected chi connectivity index (χ1v) is 15.9. The summed E-state index contributed by atoms with van der Waals surface area (Å²) in [5.41, 5.74) is 0. The Kier molecular flexibility index (Phi) is 19.1. The fraction of sp³-hybridized carbons (Fsp3) is 0.815. The maximum atomic E-state index is 13.4. The number of carbonyl (C=O) groups excluding carboxylic acids is 3. The Morgan fingerprint density at radius 3 is 2.43 bits per heavy atom. The van der Waals surface area contributed by atoms with Crippen LogP contribution in [0.5, 0.6) is 0 Å². The van der Waals surface area contributed by atoms with E-state index in [1.807, 2.05) is 16.8 Å². The Balaban J connectivity index is 2.33. The number of likely N-dealkylation sites (N-methyl/N-ethyl adjacent to an activating group) is 1. The highest BCUT2D eigenvalue weighted by Gasteiger charge is 2.37. The van der Waals surface area contributed by atoms with Gasteiger partial charge < -0.3 is 20.3 Å². The van der Waals surface area contributed by atoms with E-state index in [9.17, 15) is 14.4 Å². The molecular weight excluding hydrogens is 506 g/mol. The van der Waals surface area contributed by atoms with Crippen LogP contribution in [0.25, 0.3) is 0 Å². The highest BCUT2D eigenvalue weighted by atomic mass is 32.2. The van der Waals surface area contributed by atoms with Crippen molar-refractivity contribution in [1.82, 2.24) is 24.6 Å². The van der Waals surface area contributed by atoms with Gasteiger partial charge in [0.05, 0.1) is 6.04 Å². The highest BCUT2D eigenvalue weighted by molar-refractivity contribution is 7.97. The third-order valence-electron chi connectivity index (χ3n) is 6.76. The van der Waals surface area contributed by atoms with Gasteiger partial charge in [-0.1, -0.05) is 49.9 Å². The van der Waals surface area contributed by atoms with Crippen LogP contribution in [0.15, 0.2) is 12.2 Å². The number of hydrogen-bond acceptors (Lipinski definition) is 8. The lowest BCUT2D eigenvalue weighted by atomic mass is 10.1. The second-order valence-corrected chi connectivity index (χ2v) is 11.7. The number of aldehydes is 1. The fourth-order valence-corrected chi connectivity index (χ4v) is 6.02. The van der Waals surface area contributed by atoms with Crippen molar-refractivity contribution in [3.8, 4) is 0 Å². The van der Waals surface area contributed by atoms with Gasteiger partial charge in [0.25, 0.3) is 0 Å². The number of amides is 2. The van der Waals surface area contributed by atoms with Crippen molar-refractivity contribution in [1.29, 1.82) is 0 Å². The first-order chi connectivity index (χ1) is 17.9. The molecule has 3 N–H and O–H groups in total. The van der Waals surface area contributed by atoms with E-state index < -0.39 is 6.04 Å². The monoisotopic (exact) mass is 557 g/mol. The number of unbranched alkanes of at least 4 members (excludes halogenated alkanes) is 2. The normalized spacial score (nSPS) is 19.5. The molecule has 0 aliphatic carbocycles. The minimum Gasteiger partial charge on any atom is -0.342 e. The molecule has 1 saturated heterocycles.